The molecular formula is C19H36N2. The molecule has 2 aliphatic carbocycles. The van der Waals surface area contributed by atoms with Crippen molar-refractivity contribution in [1.29, 1.82) is 0 Å². The summed E-state index contributed by atoms with van der Waals surface area (Å²) >= 11 is 0. The van der Waals surface area contributed by atoms with E-state index in [1.54, 1.807) is 0 Å². The van der Waals surface area contributed by atoms with Crippen LogP contribution >= 0.6 is 0 Å². The van der Waals surface area contributed by atoms with Gasteiger partial charge in [0.1, 0.15) is 0 Å². The van der Waals surface area contributed by atoms with Gasteiger partial charge in [-0.2, -0.15) is 0 Å². The van der Waals surface area contributed by atoms with Crippen molar-refractivity contribution in [3.05, 3.63) is 0 Å². The predicted octanol–water partition coefficient (Wildman–Crippen LogP) is 4.20. The molecule has 0 bridgehead atoms. The summed E-state index contributed by atoms with van der Waals surface area (Å²) < 4.78 is 0. The Hall–Kier alpha value is -0.0800. The molecule has 3 rings (SSSR count). The molecule has 0 unspecified atom stereocenters. The number of piperidine rings is 1. The van der Waals surface area contributed by atoms with Gasteiger partial charge < -0.3 is 10.2 Å². The number of rotatable bonds is 4. The summed E-state index contributed by atoms with van der Waals surface area (Å²) in [5.41, 5.74) is 0.637. The molecule has 0 radical (unpaired) electrons. The van der Waals surface area contributed by atoms with E-state index in [1.807, 2.05) is 0 Å². The number of hydrogen-bond acceptors (Lipinski definition) is 2. The van der Waals surface area contributed by atoms with E-state index in [-0.39, 0.29) is 0 Å². The van der Waals surface area contributed by atoms with E-state index >= 15 is 0 Å². The highest BCUT2D eigenvalue weighted by molar-refractivity contribution is 4.94. The van der Waals surface area contributed by atoms with Gasteiger partial charge >= 0.3 is 0 Å². The molecule has 3 aliphatic rings. The molecule has 0 atom stereocenters. The Bertz CT molecular complexity index is 297. The van der Waals surface area contributed by atoms with Gasteiger partial charge in [-0.3, -0.25) is 0 Å². The van der Waals surface area contributed by atoms with E-state index in [4.69, 9.17) is 0 Å². The average Bonchev–Trinajstić information content (AvgIpc) is 2.57. The van der Waals surface area contributed by atoms with Gasteiger partial charge in [-0.25, -0.2) is 0 Å². The molecule has 0 amide bonds. The Labute approximate surface area is 132 Å². The van der Waals surface area contributed by atoms with Crippen LogP contribution in [0.2, 0.25) is 0 Å². The molecule has 2 nitrogen and oxygen atoms in total. The van der Waals surface area contributed by atoms with E-state index < -0.39 is 0 Å². The molecule has 2 heteroatoms. The maximum Gasteiger partial charge on any atom is 0.00924 e. The molecule has 0 aromatic heterocycles. The first-order chi connectivity index (χ1) is 10.3. The third kappa shape index (κ3) is 3.82. The minimum absolute atomic E-state index is 0.637. The van der Waals surface area contributed by atoms with Gasteiger partial charge in [0.15, 0.2) is 0 Å². The first-order valence-electron chi connectivity index (χ1n) is 9.71. The van der Waals surface area contributed by atoms with Crippen molar-refractivity contribution in [2.45, 2.75) is 83.1 Å². The molecule has 21 heavy (non-hydrogen) atoms. The summed E-state index contributed by atoms with van der Waals surface area (Å²) in [6, 6.07) is 0.883. The molecule has 1 aliphatic heterocycles. The third-order valence-corrected chi connectivity index (χ3v) is 6.83. The van der Waals surface area contributed by atoms with E-state index in [0.29, 0.717) is 5.41 Å². The Morgan fingerprint density at radius 2 is 1.43 bits per heavy atom. The summed E-state index contributed by atoms with van der Waals surface area (Å²) in [7, 11) is 2.43. The number of hydrogen-bond donors (Lipinski definition) is 1. The third-order valence-electron chi connectivity index (χ3n) is 6.83. The zero-order valence-corrected chi connectivity index (χ0v) is 14.2. The van der Waals surface area contributed by atoms with Crippen LogP contribution in [0.3, 0.4) is 0 Å². The Balaban J connectivity index is 1.66. The average molecular weight is 293 g/mol. The zero-order valence-electron chi connectivity index (χ0n) is 14.2. The van der Waals surface area contributed by atoms with Gasteiger partial charge in [-0.05, 0) is 70.0 Å². The van der Waals surface area contributed by atoms with Crippen molar-refractivity contribution in [1.82, 2.24) is 10.2 Å². The zero-order chi connectivity index (χ0) is 14.5. The van der Waals surface area contributed by atoms with Gasteiger partial charge in [0.25, 0.3) is 0 Å². The number of nitrogens with one attached hydrogen (secondary N) is 1. The first kappa shape index (κ1) is 15.8. The van der Waals surface area contributed by atoms with Crippen molar-refractivity contribution in [3.63, 3.8) is 0 Å². The van der Waals surface area contributed by atoms with Crippen molar-refractivity contribution in [3.8, 4) is 0 Å². The van der Waals surface area contributed by atoms with Crippen LogP contribution in [0.15, 0.2) is 0 Å². The molecule has 0 aromatic rings. The number of nitrogens with zero attached hydrogens (tertiary/aromatic N) is 1. The highest BCUT2D eigenvalue weighted by atomic mass is 15.1. The lowest BCUT2D eigenvalue weighted by molar-refractivity contribution is 0.0198. The Morgan fingerprint density at radius 3 is 2.05 bits per heavy atom. The fourth-order valence-corrected chi connectivity index (χ4v) is 5.48. The quantitative estimate of drug-likeness (QED) is 0.835. The van der Waals surface area contributed by atoms with Crippen LogP contribution in [0, 0.1) is 11.3 Å². The van der Waals surface area contributed by atoms with E-state index in [2.05, 4.69) is 17.3 Å². The fraction of sp³-hybridized carbons (Fsp3) is 1.00. The largest absolute Gasteiger partial charge is 0.317 e. The highest BCUT2D eigenvalue weighted by Crippen LogP contribution is 2.45. The van der Waals surface area contributed by atoms with Gasteiger partial charge in [0.2, 0.25) is 0 Å². The van der Waals surface area contributed by atoms with Gasteiger partial charge in [0.05, 0.1) is 0 Å². The van der Waals surface area contributed by atoms with Crippen LogP contribution in [0.4, 0.5) is 0 Å². The van der Waals surface area contributed by atoms with Gasteiger partial charge in [-0.1, -0.05) is 38.5 Å². The minimum Gasteiger partial charge on any atom is -0.317 e. The van der Waals surface area contributed by atoms with Crippen LogP contribution in [0.1, 0.15) is 77.0 Å². The monoisotopic (exact) mass is 292 g/mol. The van der Waals surface area contributed by atoms with Crippen LogP contribution in [0.5, 0.6) is 0 Å². The van der Waals surface area contributed by atoms with E-state index in [1.165, 1.54) is 96.7 Å². The lowest BCUT2D eigenvalue weighted by Crippen LogP contribution is -2.50. The smallest absolute Gasteiger partial charge is 0.00924 e. The first-order valence-corrected chi connectivity index (χ1v) is 9.71. The molecule has 1 saturated heterocycles. The maximum absolute atomic E-state index is 3.61. The minimum atomic E-state index is 0.637. The standard InChI is InChI=1S/C19H36N2/c1-21(18-10-6-3-7-11-18)16-19(12-14-20-15-13-19)17-8-4-2-5-9-17/h17-18,20H,2-16H2,1H3. The van der Waals surface area contributed by atoms with Gasteiger partial charge in [0, 0.05) is 12.6 Å². The van der Waals surface area contributed by atoms with Crippen molar-refractivity contribution in [2.75, 3.05) is 26.7 Å². The molecule has 1 heterocycles. The molecular weight excluding hydrogens is 256 g/mol. The topological polar surface area (TPSA) is 15.3 Å². The second kappa shape index (κ2) is 7.46. The lowest BCUT2D eigenvalue weighted by Gasteiger charge is -2.49. The van der Waals surface area contributed by atoms with Crippen molar-refractivity contribution in [2.24, 2.45) is 11.3 Å². The molecule has 2 saturated carbocycles. The van der Waals surface area contributed by atoms with Crippen molar-refractivity contribution < 1.29 is 0 Å². The molecule has 122 valence electrons. The summed E-state index contributed by atoms with van der Waals surface area (Å²) in [5, 5.41) is 3.61. The normalized spacial score (nSPS) is 28.9. The Morgan fingerprint density at radius 1 is 0.857 bits per heavy atom. The summed E-state index contributed by atoms with van der Waals surface area (Å²) in [4.78, 5) is 2.78. The predicted molar refractivity (Wildman–Crippen MR) is 90.6 cm³/mol. The second-order valence-electron chi connectivity index (χ2n) is 8.15. The summed E-state index contributed by atoms with van der Waals surface area (Å²) in [6.45, 7) is 3.90. The summed E-state index contributed by atoms with van der Waals surface area (Å²) in [6.07, 6.45) is 17.7. The molecule has 1 N–H and O–H groups in total. The summed E-state index contributed by atoms with van der Waals surface area (Å²) in [5.74, 6) is 1.01. The van der Waals surface area contributed by atoms with E-state index in [0.717, 1.165) is 12.0 Å². The van der Waals surface area contributed by atoms with Crippen molar-refractivity contribution >= 4 is 0 Å². The fourth-order valence-electron chi connectivity index (χ4n) is 5.48. The van der Waals surface area contributed by atoms with Crippen LogP contribution in [0.25, 0.3) is 0 Å². The highest BCUT2D eigenvalue weighted by Gasteiger charge is 2.41. The van der Waals surface area contributed by atoms with Crippen LogP contribution < -0.4 is 5.32 Å². The Kier molecular flexibility index (Phi) is 5.61. The molecule has 0 spiro atoms. The van der Waals surface area contributed by atoms with Crippen LogP contribution in [-0.2, 0) is 0 Å². The van der Waals surface area contributed by atoms with Crippen LogP contribution in [-0.4, -0.2) is 37.6 Å². The lowest BCUT2D eigenvalue weighted by atomic mass is 9.63. The molecule has 3 fully saturated rings. The van der Waals surface area contributed by atoms with E-state index in [9.17, 15) is 0 Å². The van der Waals surface area contributed by atoms with Gasteiger partial charge in [-0.15, -0.1) is 0 Å². The second-order valence-corrected chi connectivity index (χ2v) is 8.15. The maximum atomic E-state index is 3.61. The SMILES string of the molecule is CN(CC1(C2CCCCC2)CCNCC1)C1CCCCC1. The molecule has 0 aromatic carbocycles.